The van der Waals surface area contributed by atoms with E-state index in [1.54, 1.807) is 17.7 Å². The van der Waals surface area contributed by atoms with Crippen LogP contribution in [0.25, 0.3) is 0 Å². The molecule has 0 aromatic carbocycles. The maximum Gasteiger partial charge on any atom is 0.313 e. The molecular formula is C14H21N3O4. The minimum atomic E-state index is -1.10. The second-order valence-corrected chi connectivity index (χ2v) is 5.45. The highest BCUT2D eigenvalue weighted by Crippen LogP contribution is 2.29. The first-order valence-corrected chi connectivity index (χ1v) is 7.11. The third-order valence-electron chi connectivity index (χ3n) is 3.97. The first-order valence-electron chi connectivity index (χ1n) is 7.11. The van der Waals surface area contributed by atoms with Gasteiger partial charge in [-0.2, -0.15) is 5.10 Å². The number of carboxylic acids is 1. The molecule has 1 aliphatic rings. The van der Waals surface area contributed by atoms with Crippen molar-refractivity contribution in [1.29, 1.82) is 0 Å². The Morgan fingerprint density at radius 2 is 2.29 bits per heavy atom. The van der Waals surface area contributed by atoms with E-state index < -0.39 is 17.4 Å². The van der Waals surface area contributed by atoms with Crippen LogP contribution in [0.4, 0.5) is 0 Å². The van der Waals surface area contributed by atoms with Crippen molar-refractivity contribution in [3.8, 4) is 0 Å². The van der Waals surface area contributed by atoms with E-state index in [0.29, 0.717) is 12.2 Å². The van der Waals surface area contributed by atoms with Gasteiger partial charge in [-0.15, -0.1) is 0 Å². The van der Waals surface area contributed by atoms with E-state index in [4.69, 9.17) is 4.74 Å². The minimum Gasteiger partial charge on any atom is -0.481 e. The van der Waals surface area contributed by atoms with Crippen LogP contribution in [-0.2, 0) is 22.5 Å². The van der Waals surface area contributed by atoms with E-state index in [0.717, 1.165) is 12.1 Å². The molecule has 0 bridgehead atoms. The molecule has 116 valence electrons. The van der Waals surface area contributed by atoms with Gasteiger partial charge in [-0.3, -0.25) is 14.3 Å². The lowest BCUT2D eigenvalue weighted by Gasteiger charge is -2.25. The Labute approximate surface area is 123 Å². The van der Waals surface area contributed by atoms with E-state index in [2.05, 4.69) is 10.4 Å². The summed E-state index contributed by atoms with van der Waals surface area (Å²) in [5.74, 6) is -1.28. The second-order valence-electron chi connectivity index (χ2n) is 5.45. The number of aliphatic carboxylic acids is 1. The zero-order valence-corrected chi connectivity index (χ0v) is 12.5. The number of carboxylic acid groups (broad SMARTS) is 1. The Morgan fingerprint density at radius 1 is 1.57 bits per heavy atom. The van der Waals surface area contributed by atoms with E-state index in [1.807, 2.05) is 13.8 Å². The molecule has 2 atom stereocenters. The Kier molecular flexibility index (Phi) is 4.32. The Hall–Kier alpha value is -1.89. The number of nitrogens with one attached hydrogen (secondary N) is 1. The van der Waals surface area contributed by atoms with Crippen molar-refractivity contribution < 1.29 is 19.4 Å². The molecule has 1 amide bonds. The first-order chi connectivity index (χ1) is 9.92. The summed E-state index contributed by atoms with van der Waals surface area (Å²) in [6, 6.07) is 1.19. The normalized spacial score (nSPS) is 25.0. The van der Waals surface area contributed by atoms with Crippen LogP contribution in [0.2, 0.25) is 0 Å². The summed E-state index contributed by atoms with van der Waals surface area (Å²) in [7, 11) is 0. The Morgan fingerprint density at radius 3 is 2.86 bits per heavy atom. The average Bonchev–Trinajstić information content (AvgIpc) is 3.03. The smallest absolute Gasteiger partial charge is 0.313 e. The molecule has 0 radical (unpaired) electrons. The third-order valence-corrected chi connectivity index (χ3v) is 3.97. The van der Waals surface area contributed by atoms with Gasteiger partial charge in [0.2, 0.25) is 0 Å². The summed E-state index contributed by atoms with van der Waals surface area (Å²) in [5, 5.41) is 16.4. The van der Waals surface area contributed by atoms with Crippen molar-refractivity contribution in [3.63, 3.8) is 0 Å². The number of nitrogens with zero attached hydrogens (tertiary/aromatic N) is 2. The molecule has 7 heteroatoms. The minimum absolute atomic E-state index is 0.0977. The highest BCUT2D eigenvalue weighted by atomic mass is 16.5. The molecule has 1 aliphatic heterocycles. The van der Waals surface area contributed by atoms with Crippen LogP contribution in [0, 0.1) is 5.41 Å². The van der Waals surface area contributed by atoms with Crippen molar-refractivity contribution in [2.24, 2.45) is 5.41 Å². The predicted octanol–water partition coefficient (Wildman–Crippen LogP) is 0.685. The van der Waals surface area contributed by atoms with Gasteiger partial charge >= 0.3 is 5.97 Å². The van der Waals surface area contributed by atoms with Gasteiger partial charge in [-0.1, -0.05) is 6.92 Å². The largest absolute Gasteiger partial charge is 0.481 e. The van der Waals surface area contributed by atoms with Gasteiger partial charge in [0.25, 0.3) is 5.91 Å². The van der Waals surface area contributed by atoms with Crippen molar-refractivity contribution in [3.05, 3.63) is 17.5 Å². The summed E-state index contributed by atoms with van der Waals surface area (Å²) in [4.78, 5) is 23.8. The molecule has 7 nitrogen and oxygen atoms in total. The highest BCUT2D eigenvalue weighted by Gasteiger charge is 2.47. The molecule has 2 heterocycles. The van der Waals surface area contributed by atoms with Gasteiger partial charge in [0.15, 0.2) is 0 Å². The molecule has 2 N–H and O–H groups in total. The lowest BCUT2D eigenvalue weighted by Crippen LogP contribution is -2.50. The fourth-order valence-corrected chi connectivity index (χ4v) is 2.38. The quantitative estimate of drug-likeness (QED) is 0.833. The van der Waals surface area contributed by atoms with Crippen LogP contribution in [0.5, 0.6) is 0 Å². The number of amides is 1. The molecule has 0 spiro atoms. The topological polar surface area (TPSA) is 93.5 Å². The Bertz CT molecular complexity index is 554. The van der Waals surface area contributed by atoms with Crippen LogP contribution >= 0.6 is 0 Å². The van der Waals surface area contributed by atoms with E-state index in [9.17, 15) is 14.7 Å². The summed E-state index contributed by atoms with van der Waals surface area (Å²) >= 11 is 0. The number of carbonyl (C=O) groups is 2. The first kappa shape index (κ1) is 15.5. The predicted molar refractivity (Wildman–Crippen MR) is 75.1 cm³/mol. The van der Waals surface area contributed by atoms with Crippen molar-refractivity contribution in [2.75, 3.05) is 13.2 Å². The zero-order chi connectivity index (χ0) is 15.6. The Balaban J connectivity index is 2.18. The number of aromatic nitrogens is 2. The molecule has 0 aliphatic carbocycles. The SMILES string of the molecule is CCc1cc(C(=O)NC2COCC2(C)C(=O)O)n(CC)n1. The van der Waals surface area contributed by atoms with Crippen molar-refractivity contribution in [1.82, 2.24) is 15.1 Å². The molecule has 1 aromatic heterocycles. The van der Waals surface area contributed by atoms with E-state index in [-0.39, 0.29) is 19.1 Å². The molecule has 1 aromatic rings. The highest BCUT2D eigenvalue weighted by molar-refractivity contribution is 5.93. The van der Waals surface area contributed by atoms with Gasteiger partial charge in [0.05, 0.1) is 24.9 Å². The molecule has 21 heavy (non-hydrogen) atoms. The molecule has 2 unspecified atom stereocenters. The van der Waals surface area contributed by atoms with E-state index >= 15 is 0 Å². The monoisotopic (exact) mass is 295 g/mol. The fourth-order valence-electron chi connectivity index (χ4n) is 2.38. The van der Waals surface area contributed by atoms with Crippen LogP contribution < -0.4 is 5.32 Å². The molecule has 1 fully saturated rings. The summed E-state index contributed by atoms with van der Waals surface area (Å²) in [6.45, 7) is 6.34. The van der Waals surface area contributed by atoms with Crippen LogP contribution in [0.15, 0.2) is 6.07 Å². The van der Waals surface area contributed by atoms with Gasteiger partial charge in [-0.25, -0.2) is 0 Å². The van der Waals surface area contributed by atoms with Crippen molar-refractivity contribution in [2.45, 2.75) is 39.8 Å². The summed E-state index contributed by atoms with van der Waals surface area (Å²) < 4.78 is 6.86. The summed E-state index contributed by atoms with van der Waals surface area (Å²) in [6.07, 6.45) is 0.743. The van der Waals surface area contributed by atoms with Crippen molar-refractivity contribution >= 4 is 11.9 Å². The maximum absolute atomic E-state index is 12.4. The van der Waals surface area contributed by atoms with E-state index in [1.165, 1.54) is 0 Å². The number of aryl methyl sites for hydroxylation is 2. The van der Waals surface area contributed by atoms with Gasteiger partial charge in [-0.05, 0) is 26.3 Å². The number of carbonyl (C=O) groups excluding carboxylic acids is 1. The summed E-state index contributed by atoms with van der Waals surface area (Å²) in [5.41, 5.74) is 0.194. The average molecular weight is 295 g/mol. The molecular weight excluding hydrogens is 274 g/mol. The van der Waals surface area contributed by atoms with Crippen LogP contribution in [-0.4, -0.2) is 46.0 Å². The van der Waals surface area contributed by atoms with Crippen LogP contribution in [0.1, 0.15) is 37.0 Å². The number of ether oxygens (including phenoxy) is 1. The molecule has 0 saturated carbocycles. The number of hydrogen-bond acceptors (Lipinski definition) is 4. The zero-order valence-electron chi connectivity index (χ0n) is 12.5. The third kappa shape index (κ3) is 2.78. The van der Waals surface area contributed by atoms with Gasteiger partial charge < -0.3 is 15.2 Å². The lowest BCUT2D eigenvalue weighted by atomic mass is 9.85. The fraction of sp³-hybridized carbons (Fsp3) is 0.643. The second kappa shape index (κ2) is 5.85. The maximum atomic E-state index is 12.4. The standard InChI is InChI=1S/C14H21N3O4/c1-4-9-6-10(17(5-2)16-9)12(18)15-11-7-21-8-14(11,3)13(19)20/h6,11H,4-5,7-8H2,1-3H3,(H,15,18)(H,19,20). The molecule has 2 rings (SSSR count). The lowest BCUT2D eigenvalue weighted by molar-refractivity contribution is -0.148. The van der Waals surface area contributed by atoms with Gasteiger partial charge in [0, 0.05) is 6.54 Å². The molecule has 1 saturated heterocycles. The number of rotatable bonds is 5. The van der Waals surface area contributed by atoms with Gasteiger partial charge in [0.1, 0.15) is 11.1 Å². The van der Waals surface area contributed by atoms with Crippen LogP contribution in [0.3, 0.4) is 0 Å². The number of hydrogen-bond donors (Lipinski definition) is 2.